The smallest absolute Gasteiger partial charge is 0.142 e. The van der Waals surface area contributed by atoms with Crippen LogP contribution in [0, 0.1) is 12.7 Å². The Kier molecular flexibility index (Phi) is 4.69. The summed E-state index contributed by atoms with van der Waals surface area (Å²) < 4.78 is 15.3. The van der Waals surface area contributed by atoms with E-state index in [4.69, 9.17) is 11.6 Å². The van der Waals surface area contributed by atoms with Gasteiger partial charge in [0.2, 0.25) is 0 Å². The lowest BCUT2D eigenvalue weighted by Gasteiger charge is -2.20. The SMILES string of the molecule is Cc1nn(Cc2ccc(Cl)c(F)c2)cc1CNC(C)(C)C. The number of hydrogen-bond donors (Lipinski definition) is 1. The third kappa shape index (κ3) is 4.55. The van der Waals surface area contributed by atoms with E-state index in [1.807, 2.05) is 23.9 Å². The molecule has 0 bridgehead atoms. The zero-order valence-corrected chi connectivity index (χ0v) is 13.6. The van der Waals surface area contributed by atoms with Crippen LogP contribution in [-0.4, -0.2) is 15.3 Å². The van der Waals surface area contributed by atoms with Crippen LogP contribution in [0.4, 0.5) is 4.39 Å². The predicted octanol–water partition coefficient (Wildman–Crippen LogP) is 3.92. The highest BCUT2D eigenvalue weighted by molar-refractivity contribution is 6.30. The molecule has 0 saturated heterocycles. The van der Waals surface area contributed by atoms with Crippen LogP contribution in [0.15, 0.2) is 24.4 Å². The fourth-order valence-corrected chi connectivity index (χ4v) is 2.12. The van der Waals surface area contributed by atoms with Gasteiger partial charge < -0.3 is 5.32 Å². The molecule has 0 unspecified atom stereocenters. The van der Waals surface area contributed by atoms with E-state index in [1.165, 1.54) is 6.07 Å². The van der Waals surface area contributed by atoms with Gasteiger partial charge in [0, 0.05) is 23.8 Å². The zero-order valence-electron chi connectivity index (χ0n) is 12.9. The van der Waals surface area contributed by atoms with Crippen LogP contribution in [-0.2, 0) is 13.1 Å². The highest BCUT2D eigenvalue weighted by Crippen LogP contribution is 2.17. The molecular formula is C16H21ClFN3. The summed E-state index contributed by atoms with van der Waals surface area (Å²) in [6.07, 6.45) is 2.00. The van der Waals surface area contributed by atoms with Gasteiger partial charge in [-0.15, -0.1) is 0 Å². The number of aryl methyl sites for hydroxylation is 1. The standard InChI is InChI=1S/C16H21ClFN3/c1-11-13(8-19-16(2,3)4)10-21(20-11)9-12-5-6-14(17)15(18)7-12/h5-7,10,19H,8-9H2,1-4H3. The lowest BCUT2D eigenvalue weighted by atomic mass is 10.1. The molecule has 0 spiro atoms. The van der Waals surface area contributed by atoms with Crippen molar-refractivity contribution in [2.24, 2.45) is 0 Å². The number of benzene rings is 1. The number of nitrogens with zero attached hydrogens (tertiary/aromatic N) is 2. The maximum absolute atomic E-state index is 13.4. The van der Waals surface area contributed by atoms with Crippen molar-refractivity contribution in [2.75, 3.05) is 0 Å². The highest BCUT2D eigenvalue weighted by atomic mass is 35.5. The van der Waals surface area contributed by atoms with Crippen molar-refractivity contribution in [3.05, 3.63) is 52.1 Å². The van der Waals surface area contributed by atoms with Crippen molar-refractivity contribution < 1.29 is 4.39 Å². The number of halogens is 2. The third-order valence-corrected chi connectivity index (χ3v) is 3.49. The van der Waals surface area contributed by atoms with E-state index < -0.39 is 5.82 Å². The quantitative estimate of drug-likeness (QED) is 0.927. The Labute approximate surface area is 130 Å². The summed E-state index contributed by atoms with van der Waals surface area (Å²) in [6, 6.07) is 4.84. The second-order valence-corrected chi connectivity index (χ2v) is 6.70. The first-order chi connectivity index (χ1) is 9.74. The van der Waals surface area contributed by atoms with Gasteiger partial charge in [-0.25, -0.2) is 4.39 Å². The first-order valence-corrected chi connectivity index (χ1v) is 7.34. The Balaban J connectivity index is 2.09. The van der Waals surface area contributed by atoms with E-state index in [0.717, 1.165) is 23.4 Å². The summed E-state index contributed by atoms with van der Waals surface area (Å²) in [5.74, 6) is -0.396. The molecule has 5 heteroatoms. The summed E-state index contributed by atoms with van der Waals surface area (Å²) in [5, 5.41) is 8.07. The molecule has 0 amide bonds. The van der Waals surface area contributed by atoms with Crippen molar-refractivity contribution in [3.63, 3.8) is 0 Å². The summed E-state index contributed by atoms with van der Waals surface area (Å²) >= 11 is 5.69. The molecule has 2 aromatic rings. The minimum Gasteiger partial charge on any atom is -0.308 e. The lowest BCUT2D eigenvalue weighted by Crippen LogP contribution is -2.35. The van der Waals surface area contributed by atoms with Gasteiger partial charge in [0.15, 0.2) is 0 Å². The second kappa shape index (κ2) is 6.16. The molecule has 0 aliphatic carbocycles. The number of aromatic nitrogens is 2. The van der Waals surface area contributed by atoms with Crippen LogP contribution >= 0.6 is 11.6 Å². The molecule has 114 valence electrons. The van der Waals surface area contributed by atoms with E-state index in [2.05, 4.69) is 31.2 Å². The van der Waals surface area contributed by atoms with Crippen molar-refractivity contribution in [1.29, 1.82) is 0 Å². The molecule has 0 radical (unpaired) electrons. The van der Waals surface area contributed by atoms with Crippen LogP contribution in [0.25, 0.3) is 0 Å². The molecule has 0 atom stereocenters. The molecule has 1 aromatic carbocycles. The van der Waals surface area contributed by atoms with Crippen LogP contribution in [0.5, 0.6) is 0 Å². The van der Waals surface area contributed by atoms with Crippen LogP contribution < -0.4 is 5.32 Å². The fraction of sp³-hybridized carbons (Fsp3) is 0.438. The number of nitrogens with one attached hydrogen (secondary N) is 1. The van der Waals surface area contributed by atoms with Gasteiger partial charge in [-0.3, -0.25) is 4.68 Å². The molecule has 0 saturated carbocycles. The molecule has 1 N–H and O–H groups in total. The molecule has 0 aliphatic rings. The van der Waals surface area contributed by atoms with Gasteiger partial charge in [-0.2, -0.15) is 5.10 Å². The van der Waals surface area contributed by atoms with Gasteiger partial charge in [0.1, 0.15) is 5.82 Å². The highest BCUT2D eigenvalue weighted by Gasteiger charge is 2.12. The number of rotatable bonds is 4. The minimum absolute atomic E-state index is 0.0633. The van der Waals surface area contributed by atoms with E-state index >= 15 is 0 Å². The van der Waals surface area contributed by atoms with Crippen LogP contribution in [0.1, 0.15) is 37.6 Å². The largest absolute Gasteiger partial charge is 0.308 e. The monoisotopic (exact) mass is 309 g/mol. The molecule has 21 heavy (non-hydrogen) atoms. The van der Waals surface area contributed by atoms with Gasteiger partial charge >= 0.3 is 0 Å². The topological polar surface area (TPSA) is 29.9 Å². The van der Waals surface area contributed by atoms with Gasteiger partial charge in [0.25, 0.3) is 0 Å². The first-order valence-electron chi connectivity index (χ1n) is 6.96. The van der Waals surface area contributed by atoms with Crippen molar-refractivity contribution >= 4 is 11.6 Å². The number of hydrogen-bond acceptors (Lipinski definition) is 2. The van der Waals surface area contributed by atoms with E-state index in [1.54, 1.807) is 6.07 Å². The minimum atomic E-state index is -0.396. The summed E-state index contributed by atoms with van der Waals surface area (Å²) in [4.78, 5) is 0. The van der Waals surface area contributed by atoms with E-state index in [0.29, 0.717) is 6.54 Å². The summed E-state index contributed by atoms with van der Waals surface area (Å²) in [5.41, 5.74) is 3.05. The third-order valence-electron chi connectivity index (χ3n) is 3.19. The molecule has 0 fully saturated rings. The fourth-order valence-electron chi connectivity index (χ4n) is 2.00. The van der Waals surface area contributed by atoms with Crippen molar-refractivity contribution in [2.45, 2.75) is 46.3 Å². The molecule has 0 aliphatic heterocycles. The van der Waals surface area contributed by atoms with Crippen molar-refractivity contribution in [1.82, 2.24) is 15.1 Å². The molecule has 1 heterocycles. The van der Waals surface area contributed by atoms with E-state index in [-0.39, 0.29) is 10.6 Å². The molecule has 1 aromatic heterocycles. The Morgan fingerprint density at radius 2 is 2.05 bits per heavy atom. The average Bonchev–Trinajstić information content (AvgIpc) is 2.71. The van der Waals surface area contributed by atoms with Gasteiger partial charge in [-0.05, 0) is 45.4 Å². The second-order valence-electron chi connectivity index (χ2n) is 6.29. The summed E-state index contributed by atoms with van der Waals surface area (Å²) in [7, 11) is 0. The average molecular weight is 310 g/mol. The molecule has 3 nitrogen and oxygen atoms in total. The van der Waals surface area contributed by atoms with Crippen molar-refractivity contribution in [3.8, 4) is 0 Å². The molecule has 2 rings (SSSR count). The molecular weight excluding hydrogens is 289 g/mol. The van der Waals surface area contributed by atoms with Gasteiger partial charge in [-0.1, -0.05) is 17.7 Å². The Morgan fingerprint density at radius 3 is 2.67 bits per heavy atom. The maximum atomic E-state index is 13.4. The Bertz CT molecular complexity index is 629. The Hall–Kier alpha value is -1.39. The van der Waals surface area contributed by atoms with Gasteiger partial charge in [0.05, 0.1) is 17.3 Å². The predicted molar refractivity (Wildman–Crippen MR) is 84.1 cm³/mol. The van der Waals surface area contributed by atoms with Crippen LogP contribution in [0.2, 0.25) is 5.02 Å². The normalized spacial score (nSPS) is 11.9. The van der Waals surface area contributed by atoms with E-state index in [9.17, 15) is 4.39 Å². The Morgan fingerprint density at radius 1 is 1.33 bits per heavy atom. The van der Waals surface area contributed by atoms with Crippen LogP contribution in [0.3, 0.4) is 0 Å². The summed E-state index contributed by atoms with van der Waals surface area (Å²) in [6.45, 7) is 9.67. The maximum Gasteiger partial charge on any atom is 0.142 e. The zero-order chi connectivity index (χ0) is 15.6. The lowest BCUT2D eigenvalue weighted by molar-refractivity contribution is 0.423. The first kappa shape index (κ1) is 16.0.